The molecule has 150 valence electrons. The molecule has 0 atom stereocenters. The van der Waals surface area contributed by atoms with Crippen LogP contribution in [0.2, 0.25) is 5.02 Å². The summed E-state index contributed by atoms with van der Waals surface area (Å²) in [7, 11) is 0. The van der Waals surface area contributed by atoms with Crippen molar-refractivity contribution in [2.75, 3.05) is 13.1 Å². The molecule has 0 saturated carbocycles. The van der Waals surface area contributed by atoms with Gasteiger partial charge in [-0.15, -0.1) is 0 Å². The Bertz CT molecular complexity index is 1020. The summed E-state index contributed by atoms with van der Waals surface area (Å²) in [5, 5.41) is 7.10. The summed E-state index contributed by atoms with van der Waals surface area (Å²) < 4.78 is 2.40. The molecule has 0 unspecified atom stereocenters. The van der Waals surface area contributed by atoms with Crippen LogP contribution >= 0.6 is 23.8 Å². The van der Waals surface area contributed by atoms with Crippen molar-refractivity contribution < 1.29 is 4.79 Å². The van der Waals surface area contributed by atoms with E-state index in [1.807, 2.05) is 59.3 Å². The van der Waals surface area contributed by atoms with Gasteiger partial charge in [0.25, 0.3) is 5.91 Å². The number of rotatable bonds is 5. The topological polar surface area (TPSA) is 66.0 Å². The molecule has 1 aliphatic heterocycles. The van der Waals surface area contributed by atoms with Crippen molar-refractivity contribution in [1.82, 2.24) is 25.0 Å². The number of hydrogen-bond donors (Lipinski definition) is 2. The fourth-order valence-corrected chi connectivity index (χ4v) is 3.79. The lowest BCUT2D eigenvalue weighted by molar-refractivity contribution is 0.0896. The van der Waals surface area contributed by atoms with Crippen molar-refractivity contribution in [2.45, 2.75) is 25.6 Å². The van der Waals surface area contributed by atoms with Crippen molar-refractivity contribution in [2.24, 2.45) is 0 Å². The van der Waals surface area contributed by atoms with E-state index in [0.717, 1.165) is 37.3 Å². The van der Waals surface area contributed by atoms with Crippen LogP contribution in [0.25, 0.3) is 11.4 Å². The van der Waals surface area contributed by atoms with E-state index in [1.165, 1.54) is 0 Å². The summed E-state index contributed by atoms with van der Waals surface area (Å²) in [6.07, 6.45) is 1.81. The quantitative estimate of drug-likeness (QED) is 0.601. The van der Waals surface area contributed by atoms with Gasteiger partial charge in [-0.1, -0.05) is 29.8 Å². The zero-order chi connectivity index (χ0) is 20.2. The molecule has 4 rings (SSSR count). The van der Waals surface area contributed by atoms with E-state index < -0.39 is 0 Å². The highest BCUT2D eigenvalue weighted by atomic mass is 35.5. The van der Waals surface area contributed by atoms with E-state index in [9.17, 15) is 4.79 Å². The first-order valence-corrected chi connectivity index (χ1v) is 10.4. The number of nitrogens with zero attached hydrogens (tertiary/aromatic N) is 3. The third-order valence-electron chi connectivity index (χ3n) is 5.10. The van der Waals surface area contributed by atoms with Gasteiger partial charge >= 0.3 is 0 Å². The lowest BCUT2D eigenvalue weighted by atomic mass is 10.0. The zero-order valence-electron chi connectivity index (χ0n) is 15.8. The maximum Gasteiger partial charge on any atom is 0.251 e. The molecule has 2 heterocycles. The average Bonchev–Trinajstić information content (AvgIpc) is 3.11. The number of likely N-dealkylation sites (tertiary alicyclic amines) is 1. The van der Waals surface area contributed by atoms with Gasteiger partial charge in [0, 0.05) is 35.3 Å². The van der Waals surface area contributed by atoms with Crippen LogP contribution in [0.5, 0.6) is 0 Å². The molecule has 1 aromatic heterocycles. The molecule has 2 aromatic carbocycles. The molecule has 0 spiro atoms. The summed E-state index contributed by atoms with van der Waals surface area (Å²) >= 11 is 11.4. The molecular formula is C21H22ClN5OS. The predicted molar refractivity (Wildman–Crippen MR) is 116 cm³/mol. The molecule has 1 amide bonds. The van der Waals surface area contributed by atoms with E-state index in [2.05, 4.69) is 20.3 Å². The van der Waals surface area contributed by atoms with Crippen LogP contribution in [0.4, 0.5) is 0 Å². The molecule has 0 bridgehead atoms. The smallest absolute Gasteiger partial charge is 0.251 e. The van der Waals surface area contributed by atoms with E-state index in [4.69, 9.17) is 23.8 Å². The molecule has 6 nitrogen and oxygen atoms in total. The summed E-state index contributed by atoms with van der Waals surface area (Å²) in [5.74, 6) is 0.726. The van der Waals surface area contributed by atoms with Crippen LogP contribution in [0, 0.1) is 4.77 Å². The number of aromatic nitrogens is 3. The summed E-state index contributed by atoms with van der Waals surface area (Å²) in [4.78, 5) is 19.1. The Kier molecular flexibility index (Phi) is 6.08. The van der Waals surface area contributed by atoms with Gasteiger partial charge in [0.15, 0.2) is 5.82 Å². The third kappa shape index (κ3) is 4.93. The lowest BCUT2D eigenvalue weighted by Crippen LogP contribution is -2.45. The average molecular weight is 428 g/mol. The van der Waals surface area contributed by atoms with Crippen LogP contribution in [-0.4, -0.2) is 44.7 Å². The van der Waals surface area contributed by atoms with Gasteiger partial charge in [-0.25, -0.2) is 4.68 Å². The summed E-state index contributed by atoms with van der Waals surface area (Å²) in [6.45, 7) is 2.42. The van der Waals surface area contributed by atoms with Crippen LogP contribution < -0.4 is 5.32 Å². The zero-order valence-corrected chi connectivity index (χ0v) is 17.4. The van der Waals surface area contributed by atoms with Gasteiger partial charge in [-0.2, -0.15) is 4.98 Å². The van der Waals surface area contributed by atoms with Gasteiger partial charge in [0.2, 0.25) is 4.77 Å². The summed E-state index contributed by atoms with van der Waals surface area (Å²) in [5.41, 5.74) is 1.65. The third-order valence-corrected chi connectivity index (χ3v) is 5.66. The molecule has 1 fully saturated rings. The second kappa shape index (κ2) is 8.90. The number of amides is 1. The Morgan fingerprint density at radius 1 is 1.14 bits per heavy atom. The Labute approximate surface area is 179 Å². The van der Waals surface area contributed by atoms with Gasteiger partial charge < -0.3 is 5.32 Å². The van der Waals surface area contributed by atoms with Crippen molar-refractivity contribution in [3.05, 3.63) is 70.0 Å². The molecule has 8 heteroatoms. The van der Waals surface area contributed by atoms with E-state index in [1.54, 1.807) is 0 Å². The number of halogens is 1. The number of aromatic amines is 1. The number of H-pyrrole nitrogens is 1. The Hall–Kier alpha value is -2.48. The Morgan fingerprint density at radius 3 is 2.52 bits per heavy atom. The number of carbonyl (C=O) groups excluding carboxylic acids is 1. The minimum absolute atomic E-state index is 0.00700. The maximum absolute atomic E-state index is 12.3. The highest BCUT2D eigenvalue weighted by Crippen LogP contribution is 2.19. The first kappa shape index (κ1) is 19.8. The molecular weight excluding hydrogens is 406 g/mol. The Morgan fingerprint density at radius 2 is 1.83 bits per heavy atom. The second-order valence-electron chi connectivity index (χ2n) is 7.16. The van der Waals surface area contributed by atoms with Gasteiger partial charge in [-0.3, -0.25) is 14.8 Å². The first-order valence-electron chi connectivity index (χ1n) is 9.59. The monoisotopic (exact) mass is 427 g/mol. The minimum atomic E-state index is -0.00700. The van der Waals surface area contributed by atoms with Crippen LogP contribution in [0.15, 0.2) is 54.6 Å². The molecule has 1 aliphatic rings. The lowest BCUT2D eigenvalue weighted by Gasteiger charge is -2.32. The van der Waals surface area contributed by atoms with Crippen LogP contribution in [0.1, 0.15) is 23.2 Å². The van der Waals surface area contributed by atoms with E-state index >= 15 is 0 Å². The number of benzene rings is 2. The van der Waals surface area contributed by atoms with Crippen LogP contribution in [-0.2, 0) is 6.67 Å². The molecule has 3 aromatic rings. The standard InChI is InChI=1S/C21H22ClN5OS/c22-17-8-6-15(7-9-17)19-24-21(29)27(25-19)14-26-12-10-18(11-13-26)23-20(28)16-4-2-1-3-5-16/h1-9,18H,10-14H2,(H,23,28)(H,24,25,29). The predicted octanol–water partition coefficient (Wildman–Crippen LogP) is 4.11. The largest absolute Gasteiger partial charge is 0.349 e. The normalized spacial score (nSPS) is 15.3. The van der Waals surface area contributed by atoms with E-state index in [0.29, 0.717) is 22.0 Å². The number of piperidine rings is 1. The second-order valence-corrected chi connectivity index (χ2v) is 7.96. The van der Waals surface area contributed by atoms with Gasteiger partial charge in [0.1, 0.15) is 0 Å². The minimum Gasteiger partial charge on any atom is -0.349 e. The summed E-state index contributed by atoms with van der Waals surface area (Å²) in [6, 6.07) is 17.0. The molecule has 2 N–H and O–H groups in total. The number of hydrogen-bond acceptors (Lipinski definition) is 4. The first-order chi connectivity index (χ1) is 14.1. The number of carbonyl (C=O) groups is 1. The van der Waals surface area contributed by atoms with E-state index in [-0.39, 0.29) is 11.9 Å². The van der Waals surface area contributed by atoms with Crippen molar-refractivity contribution in [3.8, 4) is 11.4 Å². The molecule has 29 heavy (non-hydrogen) atoms. The van der Waals surface area contributed by atoms with Gasteiger partial charge in [0.05, 0.1) is 6.67 Å². The number of nitrogens with one attached hydrogen (secondary N) is 2. The van der Waals surface area contributed by atoms with Gasteiger partial charge in [-0.05, 0) is 61.5 Å². The highest BCUT2D eigenvalue weighted by Gasteiger charge is 2.21. The SMILES string of the molecule is O=C(NC1CCN(Cn2[nH]c(-c3ccc(Cl)cc3)nc2=S)CC1)c1ccccc1. The fraction of sp³-hybridized carbons (Fsp3) is 0.286. The van der Waals surface area contributed by atoms with Crippen molar-refractivity contribution in [1.29, 1.82) is 0 Å². The molecule has 0 aliphatic carbocycles. The fourth-order valence-electron chi connectivity index (χ4n) is 3.47. The van der Waals surface area contributed by atoms with Crippen molar-refractivity contribution in [3.63, 3.8) is 0 Å². The maximum atomic E-state index is 12.3. The highest BCUT2D eigenvalue weighted by molar-refractivity contribution is 7.71. The van der Waals surface area contributed by atoms with Crippen molar-refractivity contribution >= 4 is 29.7 Å². The van der Waals surface area contributed by atoms with Crippen LogP contribution in [0.3, 0.4) is 0 Å². The Balaban J connectivity index is 1.32. The molecule has 1 saturated heterocycles. The molecule has 0 radical (unpaired) electrons.